The summed E-state index contributed by atoms with van der Waals surface area (Å²) >= 11 is 6.30. The van der Waals surface area contributed by atoms with Gasteiger partial charge in [-0.25, -0.2) is 4.98 Å². The van der Waals surface area contributed by atoms with Crippen LogP contribution in [0.3, 0.4) is 0 Å². The van der Waals surface area contributed by atoms with Gasteiger partial charge >= 0.3 is 0 Å². The average Bonchev–Trinajstić information content (AvgIpc) is 3.35. The predicted octanol–water partition coefficient (Wildman–Crippen LogP) is 3.07. The van der Waals surface area contributed by atoms with Crippen molar-refractivity contribution >= 4 is 23.1 Å². The third-order valence-corrected chi connectivity index (χ3v) is 5.19. The topological polar surface area (TPSA) is 86.7 Å². The summed E-state index contributed by atoms with van der Waals surface area (Å²) in [5.74, 6) is 2.32. The summed E-state index contributed by atoms with van der Waals surface area (Å²) in [6.45, 7) is 0.244. The molecular formula is C18H18ClN5O2. The van der Waals surface area contributed by atoms with E-state index in [0.29, 0.717) is 16.7 Å². The van der Waals surface area contributed by atoms with Crippen molar-refractivity contribution in [3.63, 3.8) is 0 Å². The maximum Gasteiger partial charge on any atom is 0.231 e. The molecular weight excluding hydrogens is 354 g/mol. The Balaban J connectivity index is 1.58. The van der Waals surface area contributed by atoms with Crippen molar-refractivity contribution in [2.45, 2.75) is 31.3 Å². The lowest BCUT2D eigenvalue weighted by Gasteiger charge is -2.16. The van der Waals surface area contributed by atoms with Crippen LogP contribution in [-0.2, 0) is 0 Å². The number of halogens is 1. The highest BCUT2D eigenvalue weighted by molar-refractivity contribution is 6.33. The maximum atomic E-state index is 6.30. The molecule has 3 heterocycles. The van der Waals surface area contributed by atoms with Crippen LogP contribution in [0.2, 0.25) is 5.02 Å². The van der Waals surface area contributed by atoms with Crippen molar-refractivity contribution in [1.82, 2.24) is 14.6 Å². The van der Waals surface area contributed by atoms with Crippen LogP contribution < -0.4 is 20.5 Å². The van der Waals surface area contributed by atoms with E-state index in [1.54, 1.807) is 10.7 Å². The van der Waals surface area contributed by atoms with Gasteiger partial charge in [0.15, 0.2) is 17.1 Å². The zero-order valence-corrected chi connectivity index (χ0v) is 14.7. The highest BCUT2D eigenvalue weighted by atomic mass is 35.5. The van der Waals surface area contributed by atoms with E-state index in [1.807, 2.05) is 24.3 Å². The van der Waals surface area contributed by atoms with Crippen LogP contribution in [0, 0.1) is 0 Å². The van der Waals surface area contributed by atoms with Gasteiger partial charge in [-0.2, -0.15) is 9.61 Å². The molecule has 134 valence electrons. The lowest BCUT2D eigenvalue weighted by molar-refractivity contribution is 0.174. The minimum absolute atomic E-state index is 0.244. The summed E-state index contributed by atoms with van der Waals surface area (Å²) in [7, 11) is 0. The molecule has 2 aromatic heterocycles. The Kier molecular flexibility index (Phi) is 3.65. The fourth-order valence-corrected chi connectivity index (χ4v) is 3.77. The van der Waals surface area contributed by atoms with Gasteiger partial charge in [-0.15, -0.1) is 0 Å². The maximum absolute atomic E-state index is 6.30. The number of benzene rings is 1. The standard InChI is InChI=1S/C18H18ClN5O2/c19-13-8-21-24-17(22-12-3-2-11(20)6-12)7-14(23-18(13)24)10-1-4-15-16(5-10)26-9-25-15/h1,4-5,7-8,11-12,22H,2-3,6,9,20H2/t11-,12-/m0/s1. The molecule has 26 heavy (non-hydrogen) atoms. The van der Waals surface area contributed by atoms with Gasteiger partial charge in [-0.05, 0) is 37.5 Å². The van der Waals surface area contributed by atoms with Crippen molar-refractivity contribution in [3.8, 4) is 22.8 Å². The second-order valence-electron chi connectivity index (χ2n) is 6.74. The first kappa shape index (κ1) is 15.7. The Labute approximate surface area is 155 Å². The lowest BCUT2D eigenvalue weighted by atomic mass is 10.1. The molecule has 2 aliphatic rings. The van der Waals surface area contributed by atoms with Gasteiger partial charge in [0.1, 0.15) is 10.8 Å². The van der Waals surface area contributed by atoms with Crippen LogP contribution >= 0.6 is 11.6 Å². The fourth-order valence-electron chi connectivity index (χ4n) is 3.60. The summed E-state index contributed by atoms with van der Waals surface area (Å²) in [6.07, 6.45) is 4.62. The quantitative estimate of drug-likeness (QED) is 0.735. The molecule has 0 bridgehead atoms. The molecule has 7 nitrogen and oxygen atoms in total. The van der Waals surface area contributed by atoms with Crippen LogP contribution in [0.15, 0.2) is 30.5 Å². The smallest absolute Gasteiger partial charge is 0.231 e. The molecule has 3 aromatic rings. The van der Waals surface area contributed by atoms with Gasteiger partial charge in [0.2, 0.25) is 6.79 Å². The van der Waals surface area contributed by atoms with E-state index in [2.05, 4.69) is 15.4 Å². The molecule has 1 aliphatic heterocycles. The second kappa shape index (κ2) is 6.03. The van der Waals surface area contributed by atoms with E-state index in [1.165, 1.54) is 0 Å². The normalized spacial score (nSPS) is 21.5. The Morgan fingerprint density at radius 2 is 2.08 bits per heavy atom. The predicted molar refractivity (Wildman–Crippen MR) is 98.8 cm³/mol. The van der Waals surface area contributed by atoms with E-state index in [-0.39, 0.29) is 12.8 Å². The van der Waals surface area contributed by atoms with E-state index in [4.69, 9.17) is 26.8 Å². The number of rotatable bonds is 3. The number of aromatic nitrogens is 3. The first-order chi connectivity index (χ1) is 12.7. The van der Waals surface area contributed by atoms with Gasteiger partial charge in [0.25, 0.3) is 0 Å². The average molecular weight is 372 g/mol. The van der Waals surface area contributed by atoms with E-state index >= 15 is 0 Å². The highest BCUT2D eigenvalue weighted by Gasteiger charge is 2.23. The van der Waals surface area contributed by atoms with E-state index in [0.717, 1.165) is 47.8 Å². The summed E-state index contributed by atoms with van der Waals surface area (Å²) in [5, 5.41) is 8.42. The molecule has 0 unspecified atom stereocenters. The zero-order chi connectivity index (χ0) is 17.7. The monoisotopic (exact) mass is 371 g/mol. The van der Waals surface area contributed by atoms with E-state index < -0.39 is 0 Å². The molecule has 0 amide bonds. The molecule has 5 rings (SSSR count). The van der Waals surface area contributed by atoms with Crippen molar-refractivity contribution < 1.29 is 9.47 Å². The Morgan fingerprint density at radius 1 is 1.19 bits per heavy atom. The molecule has 0 spiro atoms. The molecule has 1 aromatic carbocycles. The number of fused-ring (bicyclic) bond motifs is 2. The van der Waals surface area contributed by atoms with Crippen LogP contribution in [0.5, 0.6) is 11.5 Å². The third-order valence-electron chi connectivity index (χ3n) is 4.92. The number of hydrogen-bond donors (Lipinski definition) is 2. The van der Waals surface area contributed by atoms with Crippen molar-refractivity contribution in [2.75, 3.05) is 12.1 Å². The fraction of sp³-hybridized carbons (Fsp3) is 0.333. The van der Waals surface area contributed by atoms with Crippen molar-refractivity contribution in [3.05, 3.63) is 35.5 Å². The van der Waals surface area contributed by atoms with Gasteiger partial charge in [0, 0.05) is 23.7 Å². The molecule has 3 N–H and O–H groups in total. The number of hydrogen-bond acceptors (Lipinski definition) is 6. The van der Waals surface area contributed by atoms with Crippen LogP contribution in [0.4, 0.5) is 5.82 Å². The minimum atomic E-state index is 0.244. The van der Waals surface area contributed by atoms with Gasteiger partial charge in [-0.3, -0.25) is 0 Å². The number of ether oxygens (including phenoxy) is 2. The first-order valence-corrected chi connectivity index (χ1v) is 9.01. The number of nitrogens with two attached hydrogens (primary N) is 1. The van der Waals surface area contributed by atoms with Gasteiger partial charge in [-0.1, -0.05) is 11.6 Å². The largest absolute Gasteiger partial charge is 0.454 e. The first-order valence-electron chi connectivity index (χ1n) is 8.64. The number of nitrogens with zero attached hydrogens (tertiary/aromatic N) is 3. The second-order valence-corrected chi connectivity index (χ2v) is 7.14. The molecule has 1 saturated carbocycles. The third kappa shape index (κ3) is 2.64. The molecule has 8 heteroatoms. The zero-order valence-electron chi connectivity index (χ0n) is 14.0. The summed E-state index contributed by atoms with van der Waals surface area (Å²) in [5.41, 5.74) is 8.39. The van der Waals surface area contributed by atoms with Crippen LogP contribution in [0.1, 0.15) is 19.3 Å². The van der Waals surface area contributed by atoms with E-state index in [9.17, 15) is 0 Å². The number of anilines is 1. The van der Waals surface area contributed by atoms with Gasteiger partial charge < -0.3 is 20.5 Å². The van der Waals surface area contributed by atoms with Gasteiger partial charge in [0.05, 0.1) is 11.9 Å². The summed E-state index contributed by atoms with van der Waals surface area (Å²) in [6, 6.07) is 8.34. The van der Waals surface area contributed by atoms with Crippen LogP contribution in [0.25, 0.3) is 16.9 Å². The SMILES string of the molecule is N[C@H]1CC[C@H](Nc2cc(-c3ccc4c(c3)OCO4)nc3c(Cl)cnn23)C1. The summed E-state index contributed by atoms with van der Waals surface area (Å²) < 4.78 is 12.6. The molecule has 0 saturated heterocycles. The van der Waals surface area contributed by atoms with Crippen molar-refractivity contribution in [2.24, 2.45) is 5.73 Å². The molecule has 0 radical (unpaired) electrons. The molecule has 1 fully saturated rings. The highest BCUT2D eigenvalue weighted by Crippen LogP contribution is 2.36. The van der Waals surface area contributed by atoms with Crippen LogP contribution in [-0.4, -0.2) is 33.5 Å². The minimum Gasteiger partial charge on any atom is -0.454 e. The molecule has 1 aliphatic carbocycles. The van der Waals surface area contributed by atoms with Crippen molar-refractivity contribution in [1.29, 1.82) is 0 Å². The summed E-state index contributed by atoms with van der Waals surface area (Å²) in [4.78, 5) is 4.69. The molecule has 2 atom stereocenters. The lowest BCUT2D eigenvalue weighted by Crippen LogP contribution is -2.22. The Hall–Kier alpha value is -2.51. The number of nitrogens with one attached hydrogen (secondary N) is 1. The Morgan fingerprint density at radius 3 is 2.92 bits per heavy atom. The Bertz CT molecular complexity index is 989.